The van der Waals surface area contributed by atoms with Gasteiger partial charge < -0.3 is 9.88 Å². The first-order valence-electron chi connectivity index (χ1n) is 10.5. The lowest BCUT2D eigenvalue weighted by Gasteiger charge is -2.13. The predicted molar refractivity (Wildman–Crippen MR) is 125 cm³/mol. The van der Waals surface area contributed by atoms with Crippen LogP contribution in [-0.2, 0) is 24.4 Å². The lowest BCUT2D eigenvalue weighted by Crippen LogP contribution is -2.43. The van der Waals surface area contributed by atoms with Gasteiger partial charge in [-0.25, -0.2) is 14.3 Å². The Hall–Kier alpha value is -4.27. The van der Waals surface area contributed by atoms with Gasteiger partial charge in [-0.1, -0.05) is 30.3 Å². The van der Waals surface area contributed by atoms with Crippen molar-refractivity contribution < 1.29 is 9.59 Å². The molecule has 2 aromatic heterocycles. The van der Waals surface area contributed by atoms with Crippen LogP contribution in [0.5, 0.6) is 0 Å². The summed E-state index contributed by atoms with van der Waals surface area (Å²) in [6.45, 7) is 3.58. The molecule has 0 aliphatic heterocycles. The Bertz CT molecular complexity index is 1450. The van der Waals surface area contributed by atoms with Gasteiger partial charge in [0.25, 0.3) is 5.56 Å². The van der Waals surface area contributed by atoms with E-state index in [1.165, 1.54) is 17.8 Å². The number of nitrogens with zero attached hydrogens (tertiary/aromatic N) is 4. The molecule has 4 rings (SSSR count). The number of nitrogens with one attached hydrogen (secondary N) is 1. The number of ketones is 1. The molecule has 9 nitrogen and oxygen atoms in total. The van der Waals surface area contributed by atoms with Crippen molar-refractivity contribution in [3.05, 3.63) is 92.9 Å². The fourth-order valence-corrected chi connectivity index (χ4v) is 3.66. The fraction of sp³-hybridized carbons (Fsp3) is 0.208. The number of aromatic nitrogens is 4. The molecular weight excluding hydrogens is 422 g/mol. The monoisotopic (exact) mass is 445 g/mol. The van der Waals surface area contributed by atoms with Crippen LogP contribution in [0.3, 0.4) is 0 Å². The highest BCUT2D eigenvalue weighted by molar-refractivity contribution is 5.95. The largest absolute Gasteiger partial charge is 0.333 e. The molecule has 0 fully saturated rings. The van der Waals surface area contributed by atoms with Gasteiger partial charge in [0.1, 0.15) is 6.54 Å². The topological polar surface area (TPSA) is 108 Å². The smallest absolute Gasteiger partial charge is 0.325 e. The number of imidazole rings is 1. The average molecular weight is 445 g/mol. The van der Waals surface area contributed by atoms with Gasteiger partial charge in [0.05, 0.1) is 12.9 Å². The number of rotatable bonds is 7. The van der Waals surface area contributed by atoms with Crippen molar-refractivity contribution in [2.24, 2.45) is 0 Å². The van der Waals surface area contributed by atoms with Crippen LogP contribution in [0.2, 0.25) is 0 Å². The van der Waals surface area contributed by atoms with Gasteiger partial charge in [0.15, 0.2) is 16.9 Å². The van der Waals surface area contributed by atoms with Crippen LogP contribution in [-0.4, -0.2) is 30.4 Å². The maximum absolute atomic E-state index is 13.3. The van der Waals surface area contributed by atoms with Crippen LogP contribution in [0.25, 0.3) is 11.2 Å². The summed E-state index contributed by atoms with van der Waals surface area (Å²) in [6.07, 6.45) is 1.52. The number of aryl methyl sites for hydroxylation is 1. The molecule has 0 spiro atoms. The number of carbonyl (C=O) groups excluding carboxylic acids is 2. The molecular formula is C24H23N5O4. The molecule has 0 radical (unpaired) electrons. The Labute approximate surface area is 188 Å². The summed E-state index contributed by atoms with van der Waals surface area (Å²) < 4.78 is 4.00. The van der Waals surface area contributed by atoms with E-state index in [4.69, 9.17) is 0 Å². The molecule has 0 unspecified atom stereocenters. The van der Waals surface area contributed by atoms with Crippen LogP contribution in [0, 0.1) is 0 Å². The third-order valence-electron chi connectivity index (χ3n) is 5.38. The molecule has 2 aromatic carbocycles. The van der Waals surface area contributed by atoms with Crippen LogP contribution in [0.15, 0.2) is 70.5 Å². The minimum Gasteiger partial charge on any atom is -0.325 e. The van der Waals surface area contributed by atoms with Crippen LogP contribution in [0.1, 0.15) is 29.8 Å². The number of anilines is 1. The molecule has 2 heterocycles. The molecule has 0 atom stereocenters. The van der Waals surface area contributed by atoms with Gasteiger partial charge in [-0.3, -0.25) is 19.0 Å². The molecule has 0 saturated carbocycles. The standard InChI is InChI=1S/C24H23N5O4/c1-3-27-15-25-22-21(27)23(32)29(24(33)28(22)13-17-7-5-4-6-8-17)14-20(31)26-19-11-9-18(10-12-19)16(2)30/h4-12,15H,3,13-14H2,1-2H3,(H,26,31). The Balaban J connectivity index is 1.72. The van der Waals surface area contributed by atoms with E-state index in [2.05, 4.69) is 10.3 Å². The van der Waals surface area contributed by atoms with Crippen molar-refractivity contribution in [2.75, 3.05) is 5.32 Å². The van der Waals surface area contributed by atoms with Crippen molar-refractivity contribution in [1.29, 1.82) is 0 Å². The summed E-state index contributed by atoms with van der Waals surface area (Å²) in [5, 5.41) is 2.67. The molecule has 0 aliphatic carbocycles. The first-order chi connectivity index (χ1) is 15.9. The van der Waals surface area contributed by atoms with Crippen LogP contribution >= 0.6 is 0 Å². The third kappa shape index (κ3) is 4.38. The van der Waals surface area contributed by atoms with E-state index in [1.54, 1.807) is 28.8 Å². The highest BCUT2D eigenvalue weighted by atomic mass is 16.2. The van der Waals surface area contributed by atoms with E-state index in [9.17, 15) is 19.2 Å². The number of hydrogen-bond acceptors (Lipinski definition) is 5. The van der Waals surface area contributed by atoms with Gasteiger partial charge >= 0.3 is 5.69 Å². The highest BCUT2D eigenvalue weighted by Gasteiger charge is 2.19. The number of fused-ring (bicyclic) bond motifs is 1. The highest BCUT2D eigenvalue weighted by Crippen LogP contribution is 2.11. The van der Waals surface area contributed by atoms with E-state index in [0.717, 1.165) is 10.1 Å². The summed E-state index contributed by atoms with van der Waals surface area (Å²) in [7, 11) is 0. The number of hydrogen-bond donors (Lipinski definition) is 1. The number of amides is 1. The zero-order valence-corrected chi connectivity index (χ0v) is 18.3. The summed E-state index contributed by atoms with van der Waals surface area (Å²) in [4.78, 5) is 54.9. The summed E-state index contributed by atoms with van der Waals surface area (Å²) >= 11 is 0. The number of Topliss-reactive ketones (excluding diaryl/α,β-unsaturated/α-hetero) is 1. The van der Waals surface area contributed by atoms with Crippen molar-refractivity contribution in [3.8, 4) is 0 Å². The van der Waals surface area contributed by atoms with E-state index < -0.39 is 23.7 Å². The maximum Gasteiger partial charge on any atom is 0.333 e. The number of carbonyl (C=O) groups is 2. The van der Waals surface area contributed by atoms with Crippen LogP contribution < -0.4 is 16.6 Å². The van der Waals surface area contributed by atoms with Crippen molar-refractivity contribution >= 4 is 28.5 Å². The predicted octanol–water partition coefficient (Wildman–Crippen LogP) is 2.27. The second kappa shape index (κ2) is 9.07. The molecule has 4 aromatic rings. The molecule has 168 valence electrons. The zero-order valence-electron chi connectivity index (χ0n) is 18.3. The summed E-state index contributed by atoms with van der Waals surface area (Å²) in [6, 6.07) is 15.8. The first kappa shape index (κ1) is 21.9. The normalized spacial score (nSPS) is 11.0. The van der Waals surface area contributed by atoms with E-state index in [1.807, 2.05) is 37.3 Å². The molecule has 0 aliphatic rings. The maximum atomic E-state index is 13.3. The minimum atomic E-state index is -0.611. The minimum absolute atomic E-state index is 0.0840. The van der Waals surface area contributed by atoms with Gasteiger partial charge in [0.2, 0.25) is 5.91 Å². The van der Waals surface area contributed by atoms with Crippen molar-refractivity contribution in [3.63, 3.8) is 0 Å². The Morgan fingerprint density at radius 1 is 0.970 bits per heavy atom. The summed E-state index contributed by atoms with van der Waals surface area (Å²) in [5.74, 6) is -0.614. The second-order valence-corrected chi connectivity index (χ2v) is 7.63. The molecule has 1 N–H and O–H groups in total. The third-order valence-corrected chi connectivity index (χ3v) is 5.38. The van der Waals surface area contributed by atoms with Gasteiger partial charge in [0, 0.05) is 17.8 Å². The van der Waals surface area contributed by atoms with Crippen LogP contribution in [0.4, 0.5) is 5.69 Å². The lowest BCUT2D eigenvalue weighted by atomic mass is 10.1. The van der Waals surface area contributed by atoms with Crippen molar-refractivity contribution in [2.45, 2.75) is 33.5 Å². The molecule has 33 heavy (non-hydrogen) atoms. The van der Waals surface area contributed by atoms with E-state index >= 15 is 0 Å². The Morgan fingerprint density at radius 2 is 1.67 bits per heavy atom. The molecule has 9 heteroatoms. The first-order valence-corrected chi connectivity index (χ1v) is 10.5. The number of benzene rings is 2. The Morgan fingerprint density at radius 3 is 2.30 bits per heavy atom. The van der Waals surface area contributed by atoms with Gasteiger partial charge in [-0.15, -0.1) is 0 Å². The average Bonchev–Trinajstić information content (AvgIpc) is 3.25. The fourth-order valence-electron chi connectivity index (χ4n) is 3.66. The molecule has 1 amide bonds. The second-order valence-electron chi connectivity index (χ2n) is 7.63. The quantitative estimate of drug-likeness (QED) is 0.439. The lowest BCUT2D eigenvalue weighted by molar-refractivity contribution is -0.116. The van der Waals surface area contributed by atoms with E-state index in [-0.39, 0.29) is 23.5 Å². The molecule has 0 bridgehead atoms. The zero-order chi connectivity index (χ0) is 23.5. The van der Waals surface area contributed by atoms with Gasteiger partial charge in [-0.2, -0.15) is 0 Å². The summed E-state index contributed by atoms with van der Waals surface area (Å²) in [5.41, 5.74) is 1.22. The molecule has 0 saturated heterocycles. The Kier molecular flexibility index (Phi) is 6.03. The van der Waals surface area contributed by atoms with Gasteiger partial charge in [-0.05, 0) is 43.7 Å². The van der Waals surface area contributed by atoms with Crippen molar-refractivity contribution in [1.82, 2.24) is 18.7 Å². The SMILES string of the molecule is CCn1cnc2c1c(=O)n(CC(=O)Nc1ccc(C(C)=O)cc1)c(=O)n2Cc1ccccc1. The van der Waals surface area contributed by atoms with E-state index in [0.29, 0.717) is 17.8 Å².